The molecule has 9 nitrogen and oxygen atoms in total. The number of carbonyl (C=O) groups is 4. The van der Waals surface area contributed by atoms with Gasteiger partial charge in [0.1, 0.15) is 24.2 Å². The maximum absolute atomic E-state index is 14.5. The molecular formula is C24H25F4N3O6. The first-order chi connectivity index (χ1) is 17.6. The van der Waals surface area contributed by atoms with E-state index >= 15 is 0 Å². The number of aldehydes is 1. The third-order valence-corrected chi connectivity index (χ3v) is 6.45. The van der Waals surface area contributed by atoms with Crippen LogP contribution in [0.3, 0.4) is 0 Å². The smallest absolute Gasteiger partial charge is 0.410 e. The molecular weight excluding hydrogens is 502 g/mol. The predicted octanol–water partition coefficient (Wildman–Crippen LogP) is 3.30. The number of benzene rings is 1. The van der Waals surface area contributed by atoms with Crippen molar-refractivity contribution in [3.63, 3.8) is 0 Å². The van der Waals surface area contributed by atoms with Crippen LogP contribution in [0, 0.1) is 5.82 Å². The number of carbonyl (C=O) groups excluding carboxylic acids is 4. The lowest BCUT2D eigenvalue weighted by atomic mass is 10.0. The summed E-state index contributed by atoms with van der Waals surface area (Å²) in [4.78, 5) is 51.7. The number of hydrogen-bond donors (Lipinski definition) is 1. The van der Waals surface area contributed by atoms with Gasteiger partial charge in [0, 0.05) is 12.0 Å². The van der Waals surface area contributed by atoms with Gasteiger partial charge in [-0.1, -0.05) is 18.2 Å². The molecule has 0 aliphatic carbocycles. The predicted molar refractivity (Wildman–Crippen MR) is 119 cm³/mol. The van der Waals surface area contributed by atoms with E-state index in [1.54, 1.807) is 18.2 Å². The molecule has 0 aromatic heterocycles. The number of amides is 3. The number of hydrogen-bond acceptors (Lipinski definition) is 6. The first-order valence-electron chi connectivity index (χ1n) is 11.7. The lowest BCUT2D eigenvalue weighted by molar-refractivity contribution is -0.155. The van der Waals surface area contributed by atoms with Gasteiger partial charge in [0.2, 0.25) is 5.91 Å². The van der Waals surface area contributed by atoms with Crippen LogP contribution in [0.25, 0.3) is 6.08 Å². The normalized spacial score (nSPS) is 25.9. The van der Waals surface area contributed by atoms with Gasteiger partial charge in [0.25, 0.3) is 0 Å². The van der Waals surface area contributed by atoms with Crippen LogP contribution in [0.1, 0.15) is 42.4 Å². The van der Waals surface area contributed by atoms with Crippen LogP contribution in [0.5, 0.6) is 0 Å². The summed E-state index contributed by atoms with van der Waals surface area (Å²) in [5.41, 5.74) is 1.67. The number of halogens is 4. The number of allylic oxidation sites excluding steroid dienone is 1. The first-order valence-corrected chi connectivity index (χ1v) is 11.7. The average Bonchev–Trinajstić information content (AvgIpc) is 3.45. The minimum Gasteiger partial charge on any atom is -0.450 e. The fourth-order valence-electron chi connectivity index (χ4n) is 4.67. The number of rotatable bonds is 2. The fraction of sp³-hybridized carbons (Fsp3) is 0.500. The Kier molecular flexibility index (Phi) is 7.69. The number of alkyl halides is 3. The largest absolute Gasteiger partial charge is 0.450 e. The molecule has 3 amide bonds. The molecule has 37 heavy (non-hydrogen) atoms. The van der Waals surface area contributed by atoms with Crippen molar-refractivity contribution in [2.75, 3.05) is 13.2 Å². The molecule has 3 aliphatic rings. The van der Waals surface area contributed by atoms with E-state index in [9.17, 15) is 36.7 Å². The lowest BCUT2D eigenvalue weighted by Gasteiger charge is -2.27. The Morgan fingerprint density at radius 3 is 2.62 bits per heavy atom. The molecule has 0 unspecified atom stereocenters. The van der Waals surface area contributed by atoms with Gasteiger partial charge in [0.05, 0.1) is 38.7 Å². The van der Waals surface area contributed by atoms with E-state index in [2.05, 4.69) is 0 Å². The Bertz CT molecular complexity index is 1110. The fourth-order valence-corrected chi connectivity index (χ4v) is 4.67. The van der Waals surface area contributed by atoms with E-state index in [4.69, 9.17) is 9.47 Å². The van der Waals surface area contributed by atoms with E-state index in [1.807, 2.05) is 5.32 Å². The van der Waals surface area contributed by atoms with E-state index in [-0.39, 0.29) is 32.7 Å². The molecule has 3 atom stereocenters. The van der Waals surface area contributed by atoms with Crippen LogP contribution in [-0.2, 0) is 32.2 Å². The summed E-state index contributed by atoms with van der Waals surface area (Å²) >= 11 is 0. The molecule has 3 aliphatic heterocycles. The minimum atomic E-state index is -4.80. The summed E-state index contributed by atoms with van der Waals surface area (Å²) < 4.78 is 64.4. The van der Waals surface area contributed by atoms with Gasteiger partial charge >= 0.3 is 18.4 Å². The molecule has 0 saturated carbocycles. The third-order valence-electron chi connectivity index (χ3n) is 6.45. The first kappa shape index (κ1) is 26.4. The number of alkyl carbamates (subject to hydrolysis) is 1. The second-order valence-electron chi connectivity index (χ2n) is 9.08. The Labute approximate surface area is 209 Å². The van der Waals surface area contributed by atoms with Gasteiger partial charge in [-0.05, 0) is 30.0 Å². The zero-order chi connectivity index (χ0) is 26.7. The minimum absolute atomic E-state index is 0.0400. The zero-order valence-corrected chi connectivity index (χ0v) is 19.6. The molecule has 1 aromatic carbocycles. The van der Waals surface area contributed by atoms with Crippen LogP contribution < -0.4 is 5.32 Å². The lowest BCUT2D eigenvalue weighted by Crippen LogP contribution is -2.52. The van der Waals surface area contributed by atoms with Gasteiger partial charge in [-0.3, -0.25) is 9.69 Å². The highest BCUT2D eigenvalue weighted by Gasteiger charge is 2.44. The second-order valence-corrected chi connectivity index (χ2v) is 9.08. The van der Waals surface area contributed by atoms with Crippen molar-refractivity contribution in [3.05, 3.63) is 40.7 Å². The summed E-state index contributed by atoms with van der Waals surface area (Å²) in [5, 5.41) is 1.95. The molecule has 1 saturated heterocycles. The summed E-state index contributed by atoms with van der Waals surface area (Å²) in [5.74, 6) is -1.62. The van der Waals surface area contributed by atoms with Crippen molar-refractivity contribution >= 4 is 30.5 Å². The third kappa shape index (κ3) is 6.20. The van der Waals surface area contributed by atoms with Crippen molar-refractivity contribution in [3.8, 4) is 0 Å². The number of nitrogens with zero attached hydrogens (tertiary/aromatic N) is 2. The molecule has 4 bridgehead atoms. The van der Waals surface area contributed by atoms with Crippen LogP contribution in [0.4, 0.5) is 27.2 Å². The highest BCUT2D eigenvalue weighted by molar-refractivity contribution is 5.88. The molecule has 3 heterocycles. The Balaban J connectivity index is 1.59. The molecule has 200 valence electrons. The van der Waals surface area contributed by atoms with Crippen LogP contribution in [-0.4, -0.2) is 71.7 Å². The van der Waals surface area contributed by atoms with E-state index in [1.165, 1.54) is 11.0 Å². The van der Waals surface area contributed by atoms with Gasteiger partial charge in [-0.15, -0.1) is 0 Å². The van der Waals surface area contributed by atoms with Crippen LogP contribution in [0.2, 0.25) is 0 Å². The summed E-state index contributed by atoms with van der Waals surface area (Å²) in [6.45, 7) is -0.430. The molecule has 1 fully saturated rings. The van der Waals surface area contributed by atoms with Gasteiger partial charge in [-0.2, -0.15) is 13.2 Å². The van der Waals surface area contributed by atoms with Gasteiger partial charge < -0.3 is 24.5 Å². The second kappa shape index (κ2) is 10.8. The van der Waals surface area contributed by atoms with E-state index in [0.717, 1.165) is 4.90 Å². The van der Waals surface area contributed by atoms with Crippen molar-refractivity contribution in [2.45, 2.75) is 63.1 Å². The molecule has 1 aromatic rings. The molecule has 0 radical (unpaired) electrons. The topological polar surface area (TPSA) is 105 Å². The van der Waals surface area contributed by atoms with Crippen LogP contribution in [0.15, 0.2) is 18.2 Å². The van der Waals surface area contributed by atoms with Crippen molar-refractivity contribution in [2.24, 2.45) is 0 Å². The van der Waals surface area contributed by atoms with Crippen molar-refractivity contribution in [1.29, 1.82) is 0 Å². The Hall–Kier alpha value is -3.64. The highest BCUT2D eigenvalue weighted by atomic mass is 19.4. The van der Waals surface area contributed by atoms with E-state index < -0.39 is 54.7 Å². The summed E-state index contributed by atoms with van der Waals surface area (Å²) in [6.07, 6.45) is -4.92. The standard InChI is InChI=1S/C24H25F4N3O6/c25-19-6-5-14-4-2-1-3-7-36-22(34)29-20(9-24(26,27)28)21(33)31-10-16(8-15(31)13-32)37-23(35)30-11-17(14)18(19)12-30/h2,4-6,13,15-16,20H,1,3,7-12H2,(H,29,34)/b4-2+/t15-,16+,20-/m0/s1. The maximum Gasteiger partial charge on any atom is 0.410 e. The molecule has 4 rings (SSSR count). The quantitative estimate of drug-likeness (QED) is 0.468. The SMILES string of the molecule is O=C[C@@H]1C[C@@H]2CN1C(=O)[C@H](CC(F)(F)F)NC(=O)OCCC/C=C/c1ccc(F)c3c1CN(C3)C(=O)O2. The number of nitrogens with one attached hydrogen (secondary N) is 1. The summed E-state index contributed by atoms with van der Waals surface area (Å²) in [7, 11) is 0. The Morgan fingerprint density at radius 1 is 1.14 bits per heavy atom. The monoisotopic (exact) mass is 527 g/mol. The number of fused-ring (bicyclic) bond motifs is 3. The average molecular weight is 527 g/mol. The highest BCUT2D eigenvalue weighted by Crippen LogP contribution is 2.31. The zero-order valence-electron chi connectivity index (χ0n) is 19.6. The van der Waals surface area contributed by atoms with Gasteiger partial charge in [-0.25, -0.2) is 14.0 Å². The van der Waals surface area contributed by atoms with Crippen LogP contribution >= 0.6 is 0 Å². The van der Waals surface area contributed by atoms with E-state index in [0.29, 0.717) is 35.8 Å². The summed E-state index contributed by atoms with van der Waals surface area (Å²) in [6, 6.07) is -0.296. The molecule has 13 heteroatoms. The molecule has 0 spiro atoms. The van der Waals surface area contributed by atoms with Gasteiger partial charge in [0.15, 0.2) is 0 Å². The maximum atomic E-state index is 14.5. The van der Waals surface area contributed by atoms with Crippen molar-refractivity contribution < 1.29 is 46.2 Å². The Morgan fingerprint density at radius 2 is 1.89 bits per heavy atom. The number of ether oxygens (including phenoxy) is 2. The van der Waals surface area contributed by atoms with Crippen molar-refractivity contribution in [1.82, 2.24) is 15.1 Å². The number of cyclic esters (lactones) is 1. The molecule has 1 N–H and O–H groups in total.